The van der Waals surface area contributed by atoms with Crippen molar-refractivity contribution in [3.63, 3.8) is 0 Å². The summed E-state index contributed by atoms with van der Waals surface area (Å²) in [7, 11) is 1.30. The Balaban J connectivity index is 2.62. The van der Waals surface area contributed by atoms with E-state index in [-0.39, 0.29) is 11.5 Å². The maximum absolute atomic E-state index is 11.6. The number of imidazole rings is 1. The highest BCUT2D eigenvalue weighted by atomic mass is 16.5. The Hall–Kier alpha value is -2.37. The van der Waals surface area contributed by atoms with E-state index in [9.17, 15) is 4.79 Å². The number of hydrogen-bond acceptors (Lipinski definition) is 5. The lowest BCUT2D eigenvalue weighted by molar-refractivity contribution is 0.0596. The highest BCUT2D eigenvalue weighted by Gasteiger charge is 2.21. The quantitative estimate of drug-likeness (QED) is 0.846. The zero-order valence-electron chi connectivity index (χ0n) is 11.2. The highest BCUT2D eigenvalue weighted by Crippen LogP contribution is 2.21. The maximum Gasteiger partial charge on any atom is 0.360 e. The van der Waals surface area contributed by atoms with Gasteiger partial charge in [-0.2, -0.15) is 0 Å². The first-order valence-corrected chi connectivity index (χ1v) is 5.97. The number of carbonyl (C=O) groups excluding carboxylic acids is 1. The molecule has 0 aliphatic heterocycles. The molecule has 0 radical (unpaired) electrons. The van der Waals surface area contributed by atoms with Crippen LogP contribution in [0.25, 0.3) is 5.82 Å². The van der Waals surface area contributed by atoms with E-state index in [0.29, 0.717) is 18.1 Å². The lowest BCUT2D eigenvalue weighted by Gasteiger charge is -2.08. The van der Waals surface area contributed by atoms with Crippen molar-refractivity contribution in [1.82, 2.24) is 14.5 Å². The topological polar surface area (TPSA) is 83.0 Å². The summed E-state index contributed by atoms with van der Waals surface area (Å²) in [6.07, 6.45) is 2.33. The Morgan fingerprint density at radius 3 is 2.84 bits per heavy atom. The Kier molecular flexibility index (Phi) is 3.50. The summed E-state index contributed by atoms with van der Waals surface area (Å²) in [5.41, 5.74) is 7.18. The van der Waals surface area contributed by atoms with E-state index in [1.807, 2.05) is 26.0 Å². The summed E-state index contributed by atoms with van der Waals surface area (Å²) in [5, 5.41) is 0. The molecule has 2 N–H and O–H groups in total. The Labute approximate surface area is 111 Å². The van der Waals surface area contributed by atoms with Crippen LogP contribution in [0.3, 0.4) is 0 Å². The van der Waals surface area contributed by atoms with Crippen molar-refractivity contribution in [3.05, 3.63) is 35.4 Å². The second-order valence-electron chi connectivity index (χ2n) is 4.13. The molecule has 19 heavy (non-hydrogen) atoms. The third-order valence-electron chi connectivity index (χ3n) is 2.81. The van der Waals surface area contributed by atoms with Gasteiger partial charge < -0.3 is 10.5 Å². The summed E-state index contributed by atoms with van der Waals surface area (Å²) < 4.78 is 6.35. The number of methoxy groups -OCH3 is 1. The number of anilines is 1. The van der Waals surface area contributed by atoms with Gasteiger partial charge in [0.25, 0.3) is 0 Å². The van der Waals surface area contributed by atoms with E-state index in [1.165, 1.54) is 7.11 Å². The number of pyridine rings is 1. The van der Waals surface area contributed by atoms with Crippen molar-refractivity contribution >= 4 is 11.8 Å². The van der Waals surface area contributed by atoms with Crippen LogP contribution in [0.4, 0.5) is 5.82 Å². The number of ether oxygens (including phenoxy) is 1. The molecule has 0 bridgehead atoms. The minimum absolute atomic E-state index is 0.127. The van der Waals surface area contributed by atoms with E-state index in [2.05, 4.69) is 14.7 Å². The van der Waals surface area contributed by atoms with Crippen LogP contribution in [0, 0.1) is 6.92 Å². The van der Waals surface area contributed by atoms with Crippen molar-refractivity contribution in [2.45, 2.75) is 20.3 Å². The zero-order chi connectivity index (χ0) is 14.0. The summed E-state index contributed by atoms with van der Waals surface area (Å²) in [6, 6.07) is 3.78. The van der Waals surface area contributed by atoms with Crippen LogP contribution in [-0.4, -0.2) is 27.6 Å². The van der Waals surface area contributed by atoms with Crippen LogP contribution < -0.4 is 5.73 Å². The number of hydrogen-bond donors (Lipinski definition) is 1. The lowest BCUT2D eigenvalue weighted by Crippen LogP contribution is -2.09. The van der Waals surface area contributed by atoms with Gasteiger partial charge in [0.2, 0.25) is 0 Å². The van der Waals surface area contributed by atoms with Gasteiger partial charge in [0.15, 0.2) is 5.69 Å². The number of aryl methyl sites for hydroxylation is 2. The highest BCUT2D eigenvalue weighted by molar-refractivity contribution is 5.92. The molecule has 2 aromatic rings. The molecular weight excluding hydrogens is 244 g/mol. The molecule has 0 aliphatic rings. The van der Waals surface area contributed by atoms with E-state index in [0.717, 1.165) is 5.56 Å². The largest absolute Gasteiger partial charge is 0.464 e. The molecule has 0 amide bonds. The first kappa shape index (κ1) is 13.1. The summed E-state index contributed by atoms with van der Waals surface area (Å²) in [4.78, 5) is 20.1. The first-order valence-electron chi connectivity index (χ1n) is 5.97. The molecular formula is C13H16N4O2. The predicted molar refractivity (Wildman–Crippen MR) is 71.2 cm³/mol. The van der Waals surface area contributed by atoms with Gasteiger partial charge in [-0.05, 0) is 24.6 Å². The smallest absolute Gasteiger partial charge is 0.360 e. The van der Waals surface area contributed by atoms with Crippen LogP contribution in [0.2, 0.25) is 0 Å². The average Bonchev–Trinajstić information content (AvgIpc) is 2.74. The monoisotopic (exact) mass is 260 g/mol. The van der Waals surface area contributed by atoms with Crippen molar-refractivity contribution in [2.75, 3.05) is 12.8 Å². The van der Waals surface area contributed by atoms with Crippen molar-refractivity contribution in [3.8, 4) is 5.82 Å². The number of carbonyl (C=O) groups is 1. The molecule has 0 saturated carbocycles. The molecule has 100 valence electrons. The van der Waals surface area contributed by atoms with Crippen molar-refractivity contribution < 1.29 is 9.53 Å². The fraction of sp³-hybridized carbons (Fsp3) is 0.308. The minimum atomic E-state index is -0.543. The second kappa shape index (κ2) is 5.09. The molecule has 2 heterocycles. The molecule has 0 aromatic carbocycles. The number of nitrogens with zero attached hydrogens (tertiary/aromatic N) is 3. The number of aromatic nitrogens is 3. The third-order valence-corrected chi connectivity index (χ3v) is 2.81. The summed E-state index contributed by atoms with van der Waals surface area (Å²) in [5.74, 6) is 1.04. The molecule has 0 atom stereocenters. The fourth-order valence-electron chi connectivity index (χ4n) is 1.86. The van der Waals surface area contributed by atoms with Gasteiger partial charge in [-0.1, -0.05) is 6.92 Å². The Morgan fingerprint density at radius 1 is 1.53 bits per heavy atom. The fourth-order valence-corrected chi connectivity index (χ4v) is 1.86. The number of nitrogens with two attached hydrogens (primary N) is 1. The third kappa shape index (κ3) is 2.29. The molecule has 0 fully saturated rings. The van der Waals surface area contributed by atoms with Gasteiger partial charge in [0, 0.05) is 12.6 Å². The van der Waals surface area contributed by atoms with Crippen LogP contribution in [0.5, 0.6) is 0 Å². The molecule has 0 unspecified atom stereocenters. The molecule has 6 nitrogen and oxygen atoms in total. The average molecular weight is 260 g/mol. The van der Waals surface area contributed by atoms with Gasteiger partial charge in [0.05, 0.1) is 7.11 Å². The number of rotatable bonds is 3. The summed E-state index contributed by atoms with van der Waals surface area (Å²) >= 11 is 0. The SMILES string of the molecule is CCc1nc(C(=O)OC)c(N)n1-c1cc(C)ccn1. The Morgan fingerprint density at radius 2 is 2.26 bits per heavy atom. The number of nitrogen functional groups attached to an aromatic ring is 1. The van der Waals surface area contributed by atoms with Gasteiger partial charge in [-0.3, -0.25) is 4.57 Å². The van der Waals surface area contributed by atoms with Crippen LogP contribution in [-0.2, 0) is 11.2 Å². The zero-order valence-corrected chi connectivity index (χ0v) is 11.2. The lowest BCUT2D eigenvalue weighted by atomic mass is 10.3. The summed E-state index contributed by atoms with van der Waals surface area (Å²) in [6.45, 7) is 3.90. The Bertz CT molecular complexity index is 619. The molecule has 0 aliphatic carbocycles. The van der Waals surface area contributed by atoms with Crippen LogP contribution in [0.15, 0.2) is 18.3 Å². The van der Waals surface area contributed by atoms with Gasteiger partial charge in [-0.25, -0.2) is 14.8 Å². The van der Waals surface area contributed by atoms with E-state index in [4.69, 9.17) is 5.73 Å². The van der Waals surface area contributed by atoms with Crippen LogP contribution >= 0.6 is 0 Å². The molecule has 6 heteroatoms. The minimum Gasteiger partial charge on any atom is -0.464 e. The molecule has 2 aromatic heterocycles. The van der Waals surface area contributed by atoms with Gasteiger partial charge in [0.1, 0.15) is 17.5 Å². The maximum atomic E-state index is 11.6. The normalized spacial score (nSPS) is 10.5. The van der Waals surface area contributed by atoms with Crippen molar-refractivity contribution in [1.29, 1.82) is 0 Å². The van der Waals surface area contributed by atoms with E-state index < -0.39 is 5.97 Å². The van der Waals surface area contributed by atoms with Crippen LogP contribution in [0.1, 0.15) is 28.8 Å². The van der Waals surface area contributed by atoms with Gasteiger partial charge >= 0.3 is 5.97 Å². The second-order valence-corrected chi connectivity index (χ2v) is 4.13. The molecule has 0 saturated heterocycles. The first-order chi connectivity index (χ1) is 9.08. The number of esters is 1. The molecule has 2 rings (SSSR count). The van der Waals surface area contributed by atoms with E-state index in [1.54, 1.807) is 10.8 Å². The predicted octanol–water partition coefficient (Wildman–Crippen LogP) is 1.51. The van der Waals surface area contributed by atoms with Crippen molar-refractivity contribution in [2.24, 2.45) is 0 Å². The van der Waals surface area contributed by atoms with E-state index >= 15 is 0 Å². The molecule has 0 spiro atoms. The van der Waals surface area contributed by atoms with Gasteiger partial charge in [-0.15, -0.1) is 0 Å². The standard InChI is InChI=1S/C13H16N4O2/c1-4-9-16-11(13(18)19-3)12(14)17(9)10-7-8(2)5-6-15-10/h5-7H,4,14H2,1-3H3.